The van der Waals surface area contributed by atoms with Crippen molar-refractivity contribution in [3.8, 4) is 0 Å². The average molecular weight is 376 g/mol. The molecule has 1 amide bonds. The lowest BCUT2D eigenvalue weighted by Gasteiger charge is -2.25. The van der Waals surface area contributed by atoms with Gasteiger partial charge in [-0.05, 0) is 49.7 Å². The molecule has 0 heterocycles. The van der Waals surface area contributed by atoms with E-state index in [4.69, 9.17) is 0 Å². The Kier molecular flexibility index (Phi) is 5.56. The molecule has 3 nitrogen and oxygen atoms in total. The van der Waals surface area contributed by atoms with E-state index in [-0.39, 0.29) is 23.8 Å². The Hall–Kier alpha value is -2.34. The SMILES string of the molecule is CN(C)[C@H](CNC(=O)[C@@H]1C[C@@H]1c1ccc(C(F)(F)F)cc1)c1ccccc1. The summed E-state index contributed by atoms with van der Waals surface area (Å²) in [5.74, 6) is -0.204. The van der Waals surface area contributed by atoms with Crippen LogP contribution in [0, 0.1) is 5.92 Å². The van der Waals surface area contributed by atoms with E-state index >= 15 is 0 Å². The van der Waals surface area contributed by atoms with Crippen molar-refractivity contribution in [1.29, 1.82) is 0 Å². The fourth-order valence-corrected chi connectivity index (χ4v) is 3.37. The molecule has 0 saturated heterocycles. The number of nitrogens with one attached hydrogen (secondary N) is 1. The highest BCUT2D eigenvalue weighted by Gasteiger charge is 2.44. The highest BCUT2D eigenvalue weighted by atomic mass is 19.4. The van der Waals surface area contributed by atoms with Gasteiger partial charge in [0.25, 0.3) is 0 Å². The maximum absolute atomic E-state index is 12.7. The predicted octanol–water partition coefficient (Wildman–Crippen LogP) is 4.23. The predicted molar refractivity (Wildman–Crippen MR) is 98.2 cm³/mol. The molecule has 3 rings (SSSR count). The number of likely N-dealkylation sites (N-methyl/N-ethyl adjacent to an activating group) is 1. The van der Waals surface area contributed by atoms with Crippen molar-refractivity contribution in [3.63, 3.8) is 0 Å². The number of nitrogens with zero attached hydrogens (tertiary/aromatic N) is 1. The molecule has 1 saturated carbocycles. The molecule has 6 heteroatoms. The number of halogens is 3. The van der Waals surface area contributed by atoms with Crippen LogP contribution < -0.4 is 5.32 Å². The molecule has 1 fully saturated rings. The number of hydrogen-bond donors (Lipinski definition) is 1. The highest BCUT2D eigenvalue weighted by Crippen LogP contribution is 2.48. The van der Waals surface area contributed by atoms with Crippen LogP contribution in [0.5, 0.6) is 0 Å². The van der Waals surface area contributed by atoms with Gasteiger partial charge in [0, 0.05) is 12.5 Å². The van der Waals surface area contributed by atoms with E-state index in [0.717, 1.165) is 23.3 Å². The Bertz CT molecular complexity index is 772. The summed E-state index contributed by atoms with van der Waals surface area (Å²) in [6.07, 6.45) is -3.66. The van der Waals surface area contributed by atoms with Crippen LogP contribution in [-0.2, 0) is 11.0 Å². The molecule has 1 N–H and O–H groups in total. The molecule has 0 spiro atoms. The normalized spacial score (nSPS) is 20.4. The smallest absolute Gasteiger partial charge is 0.354 e. The van der Waals surface area contributed by atoms with E-state index in [1.54, 1.807) is 0 Å². The molecule has 0 radical (unpaired) electrons. The molecule has 2 aromatic carbocycles. The van der Waals surface area contributed by atoms with Crippen molar-refractivity contribution < 1.29 is 18.0 Å². The van der Waals surface area contributed by atoms with Crippen molar-refractivity contribution in [3.05, 3.63) is 71.3 Å². The molecule has 1 aliphatic carbocycles. The van der Waals surface area contributed by atoms with Gasteiger partial charge in [-0.2, -0.15) is 13.2 Å². The molecule has 2 aromatic rings. The van der Waals surface area contributed by atoms with Crippen LogP contribution in [0.4, 0.5) is 13.2 Å². The number of benzene rings is 2. The van der Waals surface area contributed by atoms with Gasteiger partial charge in [-0.15, -0.1) is 0 Å². The monoisotopic (exact) mass is 376 g/mol. The van der Waals surface area contributed by atoms with Gasteiger partial charge < -0.3 is 10.2 Å². The number of rotatable bonds is 6. The fourth-order valence-electron chi connectivity index (χ4n) is 3.37. The third kappa shape index (κ3) is 4.69. The zero-order valence-electron chi connectivity index (χ0n) is 15.3. The summed E-state index contributed by atoms with van der Waals surface area (Å²) in [6.45, 7) is 0.492. The standard InChI is InChI=1S/C21H23F3N2O/c1-26(2)19(15-6-4-3-5-7-15)13-25-20(27)18-12-17(18)14-8-10-16(11-9-14)21(22,23)24/h3-11,17-19H,12-13H2,1-2H3,(H,25,27)/t17-,18-,19-/m1/s1. The minimum atomic E-state index is -4.34. The lowest BCUT2D eigenvalue weighted by molar-refractivity contribution is -0.137. The summed E-state index contributed by atoms with van der Waals surface area (Å²) >= 11 is 0. The summed E-state index contributed by atoms with van der Waals surface area (Å²) < 4.78 is 38.0. The third-order valence-electron chi connectivity index (χ3n) is 5.07. The van der Waals surface area contributed by atoms with Crippen molar-refractivity contribution in [1.82, 2.24) is 10.2 Å². The highest BCUT2D eigenvalue weighted by molar-refractivity contribution is 5.82. The van der Waals surface area contributed by atoms with Gasteiger partial charge in [-0.1, -0.05) is 42.5 Å². The summed E-state index contributed by atoms with van der Waals surface area (Å²) in [7, 11) is 3.93. The Balaban J connectivity index is 1.57. The van der Waals surface area contributed by atoms with Gasteiger partial charge in [0.2, 0.25) is 5.91 Å². The molecule has 27 heavy (non-hydrogen) atoms. The molecule has 0 aromatic heterocycles. The van der Waals surface area contributed by atoms with Gasteiger partial charge >= 0.3 is 6.18 Å². The van der Waals surface area contributed by atoms with Gasteiger partial charge in [-0.3, -0.25) is 4.79 Å². The summed E-state index contributed by atoms with van der Waals surface area (Å²) in [5.41, 5.74) is 1.25. The molecule has 0 aliphatic heterocycles. The zero-order valence-corrected chi connectivity index (χ0v) is 15.3. The lowest BCUT2D eigenvalue weighted by atomic mass is 10.1. The van der Waals surface area contributed by atoms with Crippen LogP contribution in [0.2, 0.25) is 0 Å². The van der Waals surface area contributed by atoms with Gasteiger partial charge in [0.05, 0.1) is 11.6 Å². The van der Waals surface area contributed by atoms with E-state index in [1.165, 1.54) is 12.1 Å². The number of carbonyl (C=O) groups excluding carboxylic acids is 1. The fraction of sp³-hybridized carbons (Fsp3) is 0.381. The molecule has 1 aliphatic rings. The van der Waals surface area contributed by atoms with E-state index < -0.39 is 11.7 Å². The molecular weight excluding hydrogens is 353 g/mol. The van der Waals surface area contributed by atoms with Crippen molar-refractivity contribution >= 4 is 5.91 Å². The second-order valence-corrected chi connectivity index (χ2v) is 7.20. The van der Waals surface area contributed by atoms with Crippen molar-refractivity contribution in [2.75, 3.05) is 20.6 Å². The molecule has 0 unspecified atom stereocenters. The van der Waals surface area contributed by atoms with E-state index in [0.29, 0.717) is 13.0 Å². The first-order chi connectivity index (χ1) is 12.8. The first-order valence-electron chi connectivity index (χ1n) is 8.93. The quantitative estimate of drug-likeness (QED) is 0.818. The van der Waals surface area contributed by atoms with Crippen LogP contribution in [0.3, 0.4) is 0 Å². The minimum Gasteiger partial charge on any atom is -0.354 e. The Morgan fingerprint density at radius 1 is 1.11 bits per heavy atom. The number of alkyl halides is 3. The Labute approximate surface area is 157 Å². The average Bonchev–Trinajstić information content (AvgIpc) is 3.42. The number of carbonyl (C=O) groups is 1. The topological polar surface area (TPSA) is 32.3 Å². The maximum Gasteiger partial charge on any atom is 0.416 e. The van der Waals surface area contributed by atoms with E-state index in [2.05, 4.69) is 10.2 Å². The zero-order chi connectivity index (χ0) is 19.6. The molecule has 0 bridgehead atoms. The van der Waals surface area contributed by atoms with Crippen LogP contribution in [0.1, 0.15) is 35.1 Å². The van der Waals surface area contributed by atoms with Gasteiger partial charge in [0.1, 0.15) is 0 Å². The van der Waals surface area contributed by atoms with Crippen molar-refractivity contribution in [2.24, 2.45) is 5.92 Å². The molecule has 144 valence electrons. The van der Waals surface area contributed by atoms with Crippen LogP contribution in [0.25, 0.3) is 0 Å². The largest absolute Gasteiger partial charge is 0.416 e. The van der Waals surface area contributed by atoms with Crippen LogP contribution >= 0.6 is 0 Å². The first-order valence-corrected chi connectivity index (χ1v) is 8.93. The number of amides is 1. The maximum atomic E-state index is 12.7. The molecular formula is C21H23F3N2O. The summed E-state index contributed by atoms with van der Waals surface area (Å²) in [5, 5.41) is 3.00. The Morgan fingerprint density at radius 3 is 2.30 bits per heavy atom. The van der Waals surface area contributed by atoms with E-state index in [1.807, 2.05) is 44.4 Å². The van der Waals surface area contributed by atoms with E-state index in [9.17, 15) is 18.0 Å². The van der Waals surface area contributed by atoms with Gasteiger partial charge in [-0.25, -0.2) is 0 Å². The molecule has 3 atom stereocenters. The van der Waals surface area contributed by atoms with Crippen LogP contribution in [0.15, 0.2) is 54.6 Å². The summed E-state index contributed by atoms with van der Waals surface area (Å²) in [4.78, 5) is 14.5. The third-order valence-corrected chi connectivity index (χ3v) is 5.07. The lowest BCUT2D eigenvalue weighted by Crippen LogP contribution is -2.35. The first kappa shape index (κ1) is 19.4. The second kappa shape index (κ2) is 7.72. The minimum absolute atomic E-state index is 0.00168. The van der Waals surface area contributed by atoms with Crippen LogP contribution in [-0.4, -0.2) is 31.4 Å². The summed E-state index contributed by atoms with van der Waals surface area (Å²) in [6, 6.07) is 15.1. The van der Waals surface area contributed by atoms with Gasteiger partial charge in [0.15, 0.2) is 0 Å². The number of hydrogen-bond acceptors (Lipinski definition) is 2. The van der Waals surface area contributed by atoms with Crippen molar-refractivity contribution in [2.45, 2.75) is 24.6 Å². The second-order valence-electron chi connectivity index (χ2n) is 7.20. The Morgan fingerprint density at radius 2 is 1.74 bits per heavy atom.